The van der Waals surface area contributed by atoms with Crippen molar-refractivity contribution in [2.45, 2.75) is 6.61 Å². The fraction of sp³-hybridized carbons (Fsp3) is 0.130. The van der Waals surface area contributed by atoms with Crippen molar-refractivity contribution in [1.29, 1.82) is 0 Å². The Morgan fingerprint density at radius 3 is 2.55 bits per heavy atom. The van der Waals surface area contributed by atoms with Crippen LogP contribution in [0, 0.1) is 0 Å². The summed E-state index contributed by atoms with van der Waals surface area (Å²) in [4.78, 5) is 11.1. The first kappa shape index (κ1) is 20.2. The Kier molecular flexibility index (Phi) is 5.72. The SMILES string of the molecule is COc1cc(-c2ccc3c(C=O)[nH]nc3c2)ccc1OCOCc1ccc(N)c(N)c1. The van der Waals surface area contributed by atoms with Crippen LogP contribution >= 0.6 is 0 Å². The van der Waals surface area contributed by atoms with Crippen LogP contribution in [0.4, 0.5) is 11.4 Å². The minimum Gasteiger partial charge on any atom is -0.493 e. The van der Waals surface area contributed by atoms with Gasteiger partial charge in [-0.05, 0) is 53.1 Å². The summed E-state index contributed by atoms with van der Waals surface area (Å²) in [7, 11) is 1.58. The van der Waals surface area contributed by atoms with Crippen LogP contribution in [0.2, 0.25) is 0 Å². The average Bonchev–Trinajstić information content (AvgIpc) is 3.21. The van der Waals surface area contributed by atoms with E-state index in [1.54, 1.807) is 19.2 Å². The topological polar surface area (TPSA) is 125 Å². The monoisotopic (exact) mass is 418 g/mol. The van der Waals surface area contributed by atoms with Crippen molar-refractivity contribution in [3.05, 3.63) is 65.9 Å². The second-order valence-electron chi connectivity index (χ2n) is 6.93. The lowest BCUT2D eigenvalue weighted by Crippen LogP contribution is -2.05. The van der Waals surface area contributed by atoms with E-state index in [1.165, 1.54) is 0 Å². The van der Waals surface area contributed by atoms with Crippen LogP contribution in [0.15, 0.2) is 54.6 Å². The van der Waals surface area contributed by atoms with Crippen molar-refractivity contribution in [3.63, 3.8) is 0 Å². The Bertz CT molecular complexity index is 1240. The smallest absolute Gasteiger partial charge is 0.189 e. The highest BCUT2D eigenvalue weighted by Gasteiger charge is 2.10. The fourth-order valence-electron chi connectivity index (χ4n) is 3.25. The second-order valence-corrected chi connectivity index (χ2v) is 6.93. The van der Waals surface area contributed by atoms with Gasteiger partial charge in [0, 0.05) is 5.39 Å². The molecule has 8 nitrogen and oxygen atoms in total. The highest BCUT2D eigenvalue weighted by atomic mass is 16.7. The number of anilines is 2. The van der Waals surface area contributed by atoms with Gasteiger partial charge >= 0.3 is 0 Å². The summed E-state index contributed by atoms with van der Waals surface area (Å²) in [6.07, 6.45) is 0.758. The molecule has 1 heterocycles. The van der Waals surface area contributed by atoms with Crippen LogP contribution in [0.5, 0.6) is 11.5 Å². The third kappa shape index (κ3) is 4.29. The maximum absolute atomic E-state index is 11.1. The minimum absolute atomic E-state index is 0.0493. The fourth-order valence-corrected chi connectivity index (χ4v) is 3.25. The summed E-state index contributed by atoms with van der Waals surface area (Å²) in [5.74, 6) is 1.14. The molecule has 4 rings (SSSR count). The van der Waals surface area contributed by atoms with Crippen LogP contribution in [-0.2, 0) is 11.3 Å². The van der Waals surface area contributed by atoms with E-state index in [-0.39, 0.29) is 6.79 Å². The van der Waals surface area contributed by atoms with Gasteiger partial charge in [-0.15, -0.1) is 0 Å². The predicted octanol–water partition coefficient (Wildman–Crippen LogP) is 3.77. The van der Waals surface area contributed by atoms with Gasteiger partial charge in [0.05, 0.1) is 30.6 Å². The predicted molar refractivity (Wildman–Crippen MR) is 119 cm³/mol. The molecular weight excluding hydrogens is 396 g/mol. The van der Waals surface area contributed by atoms with Gasteiger partial charge in [0.1, 0.15) is 5.69 Å². The van der Waals surface area contributed by atoms with Crippen LogP contribution < -0.4 is 20.9 Å². The van der Waals surface area contributed by atoms with Crippen LogP contribution in [0.1, 0.15) is 16.1 Å². The van der Waals surface area contributed by atoms with Crippen LogP contribution in [0.25, 0.3) is 22.0 Å². The number of carbonyl (C=O) groups is 1. The van der Waals surface area contributed by atoms with E-state index in [2.05, 4.69) is 10.2 Å². The van der Waals surface area contributed by atoms with Gasteiger partial charge in [-0.2, -0.15) is 5.10 Å². The van der Waals surface area contributed by atoms with Gasteiger partial charge in [0.15, 0.2) is 24.6 Å². The van der Waals surface area contributed by atoms with Gasteiger partial charge in [-0.1, -0.05) is 18.2 Å². The van der Waals surface area contributed by atoms with E-state index >= 15 is 0 Å². The van der Waals surface area contributed by atoms with Gasteiger partial charge in [-0.3, -0.25) is 9.89 Å². The lowest BCUT2D eigenvalue weighted by atomic mass is 10.0. The maximum Gasteiger partial charge on any atom is 0.189 e. The Morgan fingerprint density at radius 1 is 0.968 bits per heavy atom. The first-order valence-corrected chi connectivity index (χ1v) is 9.55. The lowest BCUT2D eigenvalue weighted by molar-refractivity contribution is 0.00379. The molecule has 0 unspecified atom stereocenters. The Hall–Kier alpha value is -4.04. The molecule has 8 heteroatoms. The minimum atomic E-state index is 0.0493. The molecule has 3 aromatic carbocycles. The number of ether oxygens (including phenoxy) is 3. The standard InChI is InChI=1S/C23H22N4O4/c1-29-23-10-16(15-3-5-17-20(9-15)26-27-21(17)11-28)4-7-22(23)31-13-30-12-14-2-6-18(24)19(25)8-14/h2-11H,12-13,24-25H2,1H3,(H,26,27). The van der Waals surface area contributed by atoms with E-state index in [0.29, 0.717) is 35.2 Å². The van der Waals surface area contributed by atoms with Gasteiger partial charge < -0.3 is 25.7 Å². The van der Waals surface area contributed by atoms with Gasteiger partial charge in [-0.25, -0.2) is 0 Å². The molecule has 0 bridgehead atoms. The zero-order chi connectivity index (χ0) is 21.8. The number of benzene rings is 3. The number of aromatic nitrogens is 2. The molecule has 1 aromatic heterocycles. The lowest BCUT2D eigenvalue weighted by Gasteiger charge is -2.13. The van der Waals surface area contributed by atoms with Crippen molar-refractivity contribution in [1.82, 2.24) is 10.2 Å². The van der Waals surface area contributed by atoms with E-state index in [0.717, 1.165) is 33.9 Å². The molecule has 0 radical (unpaired) electrons. The molecule has 5 N–H and O–H groups in total. The van der Waals surface area contributed by atoms with Crippen LogP contribution in [0.3, 0.4) is 0 Å². The summed E-state index contributed by atoms with van der Waals surface area (Å²) in [6.45, 7) is 0.394. The quantitative estimate of drug-likeness (QED) is 0.172. The zero-order valence-corrected chi connectivity index (χ0v) is 16.9. The third-order valence-corrected chi connectivity index (χ3v) is 4.92. The molecule has 0 fully saturated rings. The average molecular weight is 418 g/mol. The highest BCUT2D eigenvalue weighted by molar-refractivity contribution is 5.96. The Balaban J connectivity index is 1.44. The molecule has 0 aliphatic rings. The summed E-state index contributed by atoms with van der Waals surface area (Å²) >= 11 is 0. The largest absolute Gasteiger partial charge is 0.493 e. The number of aldehydes is 1. The van der Waals surface area contributed by atoms with Crippen molar-refractivity contribution >= 4 is 28.6 Å². The van der Waals surface area contributed by atoms with Gasteiger partial charge in [0.2, 0.25) is 0 Å². The number of fused-ring (bicyclic) bond motifs is 1. The van der Waals surface area contributed by atoms with Crippen molar-refractivity contribution in [3.8, 4) is 22.6 Å². The molecule has 0 aliphatic heterocycles. The van der Waals surface area contributed by atoms with Crippen LogP contribution in [-0.4, -0.2) is 30.4 Å². The summed E-state index contributed by atoms with van der Waals surface area (Å²) in [6, 6.07) is 16.7. The summed E-state index contributed by atoms with van der Waals surface area (Å²) in [5, 5.41) is 7.69. The first-order chi connectivity index (χ1) is 15.1. The first-order valence-electron chi connectivity index (χ1n) is 9.55. The number of hydrogen-bond acceptors (Lipinski definition) is 7. The molecule has 0 saturated carbocycles. The number of nitrogens with zero attached hydrogens (tertiary/aromatic N) is 1. The molecule has 0 atom stereocenters. The molecule has 0 spiro atoms. The molecule has 158 valence electrons. The number of rotatable bonds is 8. The number of nitrogen functional groups attached to an aromatic ring is 2. The molecule has 4 aromatic rings. The number of aromatic amines is 1. The summed E-state index contributed by atoms with van der Waals surface area (Å²) in [5.41, 5.74) is 16.5. The second kappa shape index (κ2) is 8.76. The third-order valence-electron chi connectivity index (χ3n) is 4.92. The number of hydrogen-bond donors (Lipinski definition) is 3. The normalized spacial score (nSPS) is 10.9. The van der Waals surface area contributed by atoms with Crippen molar-refractivity contribution in [2.75, 3.05) is 25.4 Å². The number of H-pyrrole nitrogens is 1. The van der Waals surface area contributed by atoms with E-state index in [1.807, 2.05) is 42.5 Å². The molecule has 0 aliphatic carbocycles. The highest BCUT2D eigenvalue weighted by Crippen LogP contribution is 2.33. The zero-order valence-electron chi connectivity index (χ0n) is 16.9. The number of nitrogens with two attached hydrogens (primary N) is 2. The molecule has 0 saturated heterocycles. The summed E-state index contributed by atoms with van der Waals surface area (Å²) < 4.78 is 16.8. The molecular formula is C23H22N4O4. The number of carbonyl (C=O) groups excluding carboxylic acids is 1. The van der Waals surface area contributed by atoms with E-state index in [9.17, 15) is 4.79 Å². The number of methoxy groups -OCH3 is 1. The molecule has 0 amide bonds. The van der Waals surface area contributed by atoms with E-state index < -0.39 is 0 Å². The maximum atomic E-state index is 11.1. The number of nitrogens with one attached hydrogen (secondary N) is 1. The Morgan fingerprint density at radius 2 is 1.77 bits per heavy atom. The van der Waals surface area contributed by atoms with Crippen molar-refractivity contribution in [2.24, 2.45) is 0 Å². The van der Waals surface area contributed by atoms with Gasteiger partial charge in [0.25, 0.3) is 0 Å². The molecule has 31 heavy (non-hydrogen) atoms. The Labute approximate surface area is 178 Å². The van der Waals surface area contributed by atoms with Crippen molar-refractivity contribution < 1.29 is 19.0 Å². The van der Waals surface area contributed by atoms with E-state index in [4.69, 9.17) is 25.7 Å².